The molecule has 0 N–H and O–H groups in total. The fraction of sp³-hybridized carbons (Fsp3) is 0.400. The molecule has 23 heavy (non-hydrogen) atoms. The van der Waals surface area contributed by atoms with E-state index < -0.39 is 8.32 Å². The third-order valence-corrected chi connectivity index (χ3v) is 6.68. The minimum absolute atomic E-state index is 0.325. The van der Waals surface area contributed by atoms with Crippen molar-refractivity contribution < 1.29 is 4.43 Å². The van der Waals surface area contributed by atoms with Gasteiger partial charge in [0, 0.05) is 5.25 Å². The molecule has 1 fully saturated rings. The quantitative estimate of drug-likeness (QED) is 0.647. The van der Waals surface area contributed by atoms with Crippen molar-refractivity contribution in [3.05, 3.63) is 71.8 Å². The van der Waals surface area contributed by atoms with E-state index >= 15 is 0 Å². The van der Waals surface area contributed by atoms with Crippen molar-refractivity contribution in [2.45, 2.75) is 43.3 Å². The van der Waals surface area contributed by atoms with E-state index in [9.17, 15) is 0 Å². The molecule has 0 amide bonds. The van der Waals surface area contributed by atoms with Gasteiger partial charge in [-0.05, 0) is 49.4 Å². The smallest absolute Gasteiger partial charge is 0.185 e. The summed E-state index contributed by atoms with van der Waals surface area (Å²) >= 11 is 2.08. The number of thioether (sulfide) groups is 1. The van der Waals surface area contributed by atoms with Crippen LogP contribution in [0, 0.1) is 0 Å². The third kappa shape index (κ3) is 3.57. The highest BCUT2D eigenvalue weighted by Gasteiger charge is 2.47. The summed E-state index contributed by atoms with van der Waals surface area (Å²) in [5.41, 5.74) is 2.27. The second kappa shape index (κ2) is 6.84. The zero-order valence-corrected chi connectivity index (χ0v) is 16.1. The van der Waals surface area contributed by atoms with Crippen molar-refractivity contribution in [1.82, 2.24) is 0 Å². The van der Waals surface area contributed by atoms with Gasteiger partial charge in [0.1, 0.15) is 5.60 Å². The van der Waals surface area contributed by atoms with Crippen LogP contribution in [0.1, 0.15) is 24.0 Å². The van der Waals surface area contributed by atoms with Gasteiger partial charge in [0.15, 0.2) is 8.32 Å². The van der Waals surface area contributed by atoms with E-state index in [-0.39, 0.29) is 5.60 Å². The van der Waals surface area contributed by atoms with Crippen LogP contribution in [0.4, 0.5) is 0 Å². The van der Waals surface area contributed by atoms with Crippen LogP contribution in [-0.4, -0.2) is 19.3 Å². The summed E-state index contributed by atoms with van der Waals surface area (Å²) in [5.74, 6) is 1.24. The van der Waals surface area contributed by atoms with Crippen LogP contribution in [0.15, 0.2) is 60.7 Å². The molecule has 2 aromatic carbocycles. The lowest BCUT2D eigenvalue weighted by molar-refractivity contribution is 0.0978. The minimum atomic E-state index is -1.74. The van der Waals surface area contributed by atoms with Crippen molar-refractivity contribution in [3.8, 4) is 0 Å². The number of benzene rings is 2. The first kappa shape index (κ1) is 16.8. The first-order valence-corrected chi connectivity index (χ1v) is 12.9. The Morgan fingerprint density at radius 1 is 0.913 bits per heavy atom. The van der Waals surface area contributed by atoms with Gasteiger partial charge in [-0.25, -0.2) is 0 Å². The SMILES string of the molecule is C[Si](C)(C)OC(c1ccccc1)(c1ccccc1)[C@@H]1CCCS1. The second-order valence-electron chi connectivity index (χ2n) is 7.18. The highest BCUT2D eigenvalue weighted by molar-refractivity contribution is 8.00. The fourth-order valence-electron chi connectivity index (χ4n) is 3.47. The van der Waals surface area contributed by atoms with E-state index in [0.717, 1.165) is 0 Å². The first-order valence-electron chi connectivity index (χ1n) is 8.45. The van der Waals surface area contributed by atoms with Crippen molar-refractivity contribution in [3.63, 3.8) is 0 Å². The van der Waals surface area contributed by atoms with E-state index in [1.165, 1.54) is 29.7 Å². The Morgan fingerprint density at radius 3 is 1.83 bits per heavy atom. The average Bonchev–Trinajstić information content (AvgIpc) is 3.08. The second-order valence-corrected chi connectivity index (χ2v) is 12.9. The van der Waals surface area contributed by atoms with Gasteiger partial charge in [-0.3, -0.25) is 0 Å². The van der Waals surface area contributed by atoms with Gasteiger partial charge in [-0.1, -0.05) is 60.7 Å². The lowest BCUT2D eigenvalue weighted by atomic mass is 9.82. The van der Waals surface area contributed by atoms with Crippen LogP contribution in [0.5, 0.6) is 0 Å². The van der Waals surface area contributed by atoms with Gasteiger partial charge in [-0.2, -0.15) is 11.8 Å². The van der Waals surface area contributed by atoms with E-state index in [1.54, 1.807) is 0 Å². The maximum Gasteiger partial charge on any atom is 0.185 e. The standard InChI is InChI=1S/C20H26OSSi/c1-23(2,3)21-20(19-15-10-16-22-19,17-11-6-4-7-12-17)18-13-8-5-9-14-18/h4-9,11-14,19H,10,15-16H2,1-3H3/t19-/m0/s1. The molecule has 1 aliphatic heterocycles. The first-order chi connectivity index (χ1) is 11.0. The number of hydrogen-bond donors (Lipinski definition) is 0. The van der Waals surface area contributed by atoms with Crippen LogP contribution in [0.3, 0.4) is 0 Å². The van der Waals surface area contributed by atoms with E-state index in [2.05, 4.69) is 92.1 Å². The molecule has 3 rings (SSSR count). The molecule has 3 heteroatoms. The molecular weight excluding hydrogens is 316 g/mol. The van der Waals surface area contributed by atoms with Crippen LogP contribution in [0.25, 0.3) is 0 Å². The van der Waals surface area contributed by atoms with E-state index in [4.69, 9.17) is 4.43 Å². The zero-order valence-electron chi connectivity index (χ0n) is 14.3. The van der Waals surface area contributed by atoms with Crippen molar-refractivity contribution in [1.29, 1.82) is 0 Å². The summed E-state index contributed by atoms with van der Waals surface area (Å²) in [6, 6.07) is 21.7. The largest absolute Gasteiger partial charge is 0.403 e. The zero-order chi connectivity index (χ0) is 16.3. The number of hydrogen-bond acceptors (Lipinski definition) is 2. The van der Waals surface area contributed by atoms with Crippen molar-refractivity contribution in [2.24, 2.45) is 0 Å². The van der Waals surface area contributed by atoms with Gasteiger partial charge in [0.2, 0.25) is 0 Å². The minimum Gasteiger partial charge on any atom is -0.403 e. The average molecular weight is 343 g/mol. The number of rotatable bonds is 5. The van der Waals surface area contributed by atoms with Gasteiger partial charge >= 0.3 is 0 Å². The lowest BCUT2D eigenvalue weighted by Crippen LogP contribution is -2.47. The molecule has 0 aromatic heterocycles. The predicted octanol–water partition coefficient (Wildman–Crippen LogP) is 5.68. The maximum atomic E-state index is 7.00. The predicted molar refractivity (Wildman–Crippen MR) is 104 cm³/mol. The Bertz CT molecular complexity index is 576. The molecule has 0 saturated carbocycles. The van der Waals surface area contributed by atoms with Crippen LogP contribution >= 0.6 is 11.8 Å². The summed E-state index contributed by atoms with van der Waals surface area (Å²) in [5, 5.41) is 0.485. The highest BCUT2D eigenvalue weighted by atomic mass is 32.2. The Kier molecular flexibility index (Phi) is 5.00. The summed E-state index contributed by atoms with van der Waals surface area (Å²) in [7, 11) is -1.74. The summed E-state index contributed by atoms with van der Waals surface area (Å²) in [6.07, 6.45) is 2.50. The van der Waals surface area contributed by atoms with Gasteiger partial charge in [-0.15, -0.1) is 0 Å². The molecule has 0 aliphatic carbocycles. The monoisotopic (exact) mass is 342 g/mol. The molecular formula is C20H26OSSi. The molecule has 1 atom stereocenters. The van der Waals surface area contributed by atoms with E-state index in [0.29, 0.717) is 5.25 Å². The van der Waals surface area contributed by atoms with Crippen molar-refractivity contribution >= 4 is 20.1 Å². The summed E-state index contributed by atoms with van der Waals surface area (Å²) in [6.45, 7) is 6.90. The van der Waals surface area contributed by atoms with Crippen molar-refractivity contribution in [2.75, 3.05) is 5.75 Å². The highest BCUT2D eigenvalue weighted by Crippen LogP contribution is 2.48. The van der Waals surface area contributed by atoms with E-state index in [1.807, 2.05) is 0 Å². The molecule has 1 aliphatic rings. The topological polar surface area (TPSA) is 9.23 Å². The Balaban J connectivity index is 2.20. The molecule has 1 nitrogen and oxygen atoms in total. The van der Waals surface area contributed by atoms with Crippen LogP contribution < -0.4 is 0 Å². The summed E-state index contributed by atoms with van der Waals surface area (Å²) in [4.78, 5) is 0. The Hall–Kier alpha value is -1.03. The Morgan fingerprint density at radius 2 is 1.43 bits per heavy atom. The Labute approximate surface area is 145 Å². The van der Waals surface area contributed by atoms with Crippen LogP contribution in [-0.2, 0) is 10.0 Å². The van der Waals surface area contributed by atoms with Gasteiger partial charge in [0.05, 0.1) is 0 Å². The summed E-state index contributed by atoms with van der Waals surface area (Å²) < 4.78 is 7.00. The molecule has 0 spiro atoms. The molecule has 1 saturated heterocycles. The molecule has 0 unspecified atom stereocenters. The van der Waals surface area contributed by atoms with Gasteiger partial charge in [0.25, 0.3) is 0 Å². The lowest BCUT2D eigenvalue weighted by Gasteiger charge is -2.44. The van der Waals surface area contributed by atoms with Gasteiger partial charge < -0.3 is 4.43 Å². The maximum absolute atomic E-state index is 7.00. The molecule has 0 bridgehead atoms. The molecule has 0 radical (unpaired) electrons. The molecule has 1 heterocycles. The fourth-order valence-corrected chi connectivity index (χ4v) is 6.41. The molecule has 2 aromatic rings. The normalized spacial score (nSPS) is 19.0. The third-order valence-electron chi connectivity index (χ3n) is 4.26. The molecule has 122 valence electrons. The van der Waals surface area contributed by atoms with Crippen LogP contribution in [0.2, 0.25) is 19.6 Å².